The summed E-state index contributed by atoms with van der Waals surface area (Å²) < 4.78 is 7.59. The van der Waals surface area contributed by atoms with E-state index in [1.54, 1.807) is 0 Å². The molecule has 1 aromatic rings. The molecule has 0 bridgehead atoms. The summed E-state index contributed by atoms with van der Waals surface area (Å²) in [7, 11) is 0. The number of nitrogens with zero attached hydrogens (tertiary/aromatic N) is 3. The van der Waals surface area contributed by atoms with Gasteiger partial charge in [0.2, 0.25) is 0 Å². The summed E-state index contributed by atoms with van der Waals surface area (Å²) in [5.74, 6) is 1.32. The first kappa shape index (κ1) is 12.3. The Kier molecular flexibility index (Phi) is 2.65. The van der Waals surface area contributed by atoms with Crippen molar-refractivity contribution in [3.63, 3.8) is 0 Å². The molecule has 108 valence electrons. The molecule has 2 N–H and O–H groups in total. The summed E-state index contributed by atoms with van der Waals surface area (Å²) in [6.07, 6.45) is 4.84. The lowest BCUT2D eigenvalue weighted by Gasteiger charge is -2.34. The maximum absolute atomic E-state index is 12.6. The smallest absolute Gasteiger partial charge is 0.274 e. The highest BCUT2D eigenvalue weighted by molar-refractivity contribution is 5.92. The number of carbonyl (C=O) groups is 1. The Labute approximate surface area is 117 Å². The van der Waals surface area contributed by atoms with E-state index < -0.39 is 0 Å². The molecule has 2 atom stereocenters. The molecule has 0 spiro atoms. The fraction of sp³-hybridized carbons (Fsp3) is 0.714. The normalized spacial score (nSPS) is 32.2. The third-order valence-electron chi connectivity index (χ3n) is 4.93. The monoisotopic (exact) mass is 276 g/mol. The standard InChI is InChI=1S/C14H20N4O2/c15-14-3-5-20-8-10(14)6-18(9-14)13(19)11-7-17-4-1-2-12(17)16-11/h7,10H,1-6,8-9,15H2/t10-,14+/m0/s1. The number of fused-ring (bicyclic) bond motifs is 2. The molecule has 6 heteroatoms. The fourth-order valence-electron chi connectivity index (χ4n) is 3.66. The van der Waals surface area contributed by atoms with Crippen molar-refractivity contribution in [2.45, 2.75) is 31.3 Å². The van der Waals surface area contributed by atoms with Crippen LogP contribution in [0, 0.1) is 5.92 Å². The molecule has 0 unspecified atom stereocenters. The van der Waals surface area contributed by atoms with Gasteiger partial charge >= 0.3 is 0 Å². The molecule has 4 rings (SSSR count). The highest BCUT2D eigenvalue weighted by atomic mass is 16.5. The zero-order valence-electron chi connectivity index (χ0n) is 11.5. The fourth-order valence-corrected chi connectivity index (χ4v) is 3.66. The van der Waals surface area contributed by atoms with Crippen molar-refractivity contribution >= 4 is 5.91 Å². The van der Waals surface area contributed by atoms with Crippen LogP contribution in [0.15, 0.2) is 6.20 Å². The minimum absolute atomic E-state index is 0.0196. The average molecular weight is 276 g/mol. The van der Waals surface area contributed by atoms with E-state index in [1.165, 1.54) is 0 Å². The van der Waals surface area contributed by atoms with Crippen molar-refractivity contribution in [3.8, 4) is 0 Å². The van der Waals surface area contributed by atoms with E-state index in [0.717, 1.165) is 31.6 Å². The van der Waals surface area contributed by atoms with E-state index in [-0.39, 0.29) is 17.4 Å². The van der Waals surface area contributed by atoms with E-state index in [1.807, 2.05) is 11.1 Å². The molecule has 2 fully saturated rings. The maximum atomic E-state index is 12.6. The zero-order chi connectivity index (χ0) is 13.7. The first-order valence-corrected chi connectivity index (χ1v) is 7.38. The summed E-state index contributed by atoms with van der Waals surface area (Å²) in [5.41, 5.74) is 6.75. The molecule has 3 aliphatic rings. The van der Waals surface area contributed by atoms with Gasteiger partial charge in [-0.3, -0.25) is 4.79 Å². The van der Waals surface area contributed by atoms with Gasteiger partial charge < -0.3 is 19.9 Å². The zero-order valence-corrected chi connectivity index (χ0v) is 11.5. The number of aryl methyl sites for hydroxylation is 2. The number of likely N-dealkylation sites (tertiary alicyclic amines) is 1. The van der Waals surface area contributed by atoms with Crippen LogP contribution in [0.5, 0.6) is 0 Å². The van der Waals surface area contributed by atoms with Gasteiger partial charge in [-0.25, -0.2) is 4.98 Å². The average Bonchev–Trinajstić information content (AvgIpc) is 3.08. The number of amides is 1. The van der Waals surface area contributed by atoms with Crippen LogP contribution in [0.2, 0.25) is 0 Å². The Bertz CT molecular complexity index is 534. The van der Waals surface area contributed by atoms with Crippen molar-refractivity contribution in [2.75, 3.05) is 26.3 Å². The van der Waals surface area contributed by atoms with Crippen molar-refractivity contribution in [2.24, 2.45) is 11.7 Å². The molecule has 20 heavy (non-hydrogen) atoms. The lowest BCUT2D eigenvalue weighted by atomic mass is 9.84. The van der Waals surface area contributed by atoms with Gasteiger partial charge in [0, 0.05) is 50.3 Å². The molecular formula is C14H20N4O2. The number of imidazole rings is 1. The number of hydrogen-bond donors (Lipinski definition) is 1. The Morgan fingerprint density at radius 3 is 3.25 bits per heavy atom. The highest BCUT2D eigenvalue weighted by Crippen LogP contribution is 2.32. The molecule has 3 aliphatic heterocycles. The number of hydrogen-bond acceptors (Lipinski definition) is 4. The first-order valence-electron chi connectivity index (χ1n) is 7.38. The van der Waals surface area contributed by atoms with Crippen LogP contribution in [0.25, 0.3) is 0 Å². The predicted molar refractivity (Wildman–Crippen MR) is 72.3 cm³/mol. The van der Waals surface area contributed by atoms with Gasteiger partial charge in [-0.05, 0) is 12.8 Å². The molecule has 0 aromatic carbocycles. The Morgan fingerprint density at radius 1 is 1.55 bits per heavy atom. The largest absolute Gasteiger partial charge is 0.381 e. The topological polar surface area (TPSA) is 73.4 Å². The first-order chi connectivity index (χ1) is 9.66. The van der Waals surface area contributed by atoms with Crippen LogP contribution in [0.3, 0.4) is 0 Å². The van der Waals surface area contributed by atoms with Gasteiger partial charge in [0.1, 0.15) is 11.5 Å². The van der Waals surface area contributed by atoms with Crippen LogP contribution in [-0.4, -0.2) is 52.2 Å². The van der Waals surface area contributed by atoms with Gasteiger partial charge in [0.15, 0.2) is 0 Å². The molecular weight excluding hydrogens is 256 g/mol. The van der Waals surface area contributed by atoms with E-state index in [4.69, 9.17) is 10.5 Å². The third-order valence-corrected chi connectivity index (χ3v) is 4.93. The van der Waals surface area contributed by atoms with Gasteiger partial charge in [-0.2, -0.15) is 0 Å². The van der Waals surface area contributed by atoms with Crippen LogP contribution in [0.1, 0.15) is 29.2 Å². The summed E-state index contributed by atoms with van der Waals surface area (Å²) in [6.45, 7) is 3.67. The SMILES string of the molecule is N[C@@]12CCOC[C@@H]1CN(C(=O)c1cn3c(n1)CCC3)C2. The molecule has 0 saturated carbocycles. The van der Waals surface area contributed by atoms with Crippen LogP contribution >= 0.6 is 0 Å². The van der Waals surface area contributed by atoms with Crippen molar-refractivity contribution in [1.29, 1.82) is 0 Å². The van der Waals surface area contributed by atoms with E-state index in [2.05, 4.69) is 9.55 Å². The second kappa shape index (κ2) is 4.30. The molecule has 0 aliphatic carbocycles. The van der Waals surface area contributed by atoms with Crippen molar-refractivity contribution in [1.82, 2.24) is 14.5 Å². The summed E-state index contributed by atoms with van der Waals surface area (Å²) in [4.78, 5) is 18.9. The van der Waals surface area contributed by atoms with Gasteiger partial charge in [-0.1, -0.05) is 0 Å². The Hall–Kier alpha value is -1.40. The van der Waals surface area contributed by atoms with E-state index in [9.17, 15) is 4.79 Å². The van der Waals surface area contributed by atoms with Crippen molar-refractivity contribution in [3.05, 3.63) is 17.7 Å². The minimum Gasteiger partial charge on any atom is -0.381 e. The maximum Gasteiger partial charge on any atom is 0.274 e. The number of nitrogens with two attached hydrogens (primary N) is 1. The lowest BCUT2D eigenvalue weighted by Crippen LogP contribution is -2.52. The Morgan fingerprint density at radius 2 is 2.45 bits per heavy atom. The van der Waals surface area contributed by atoms with Crippen LogP contribution in [-0.2, 0) is 17.7 Å². The molecule has 2 saturated heterocycles. The molecule has 4 heterocycles. The van der Waals surface area contributed by atoms with Gasteiger partial charge in [0.25, 0.3) is 5.91 Å². The van der Waals surface area contributed by atoms with E-state index >= 15 is 0 Å². The molecule has 1 amide bonds. The lowest BCUT2D eigenvalue weighted by molar-refractivity contribution is 0.0241. The van der Waals surface area contributed by atoms with E-state index in [0.29, 0.717) is 32.0 Å². The van der Waals surface area contributed by atoms with Gasteiger partial charge in [-0.15, -0.1) is 0 Å². The minimum atomic E-state index is -0.267. The second-order valence-electron chi connectivity index (χ2n) is 6.28. The quantitative estimate of drug-likeness (QED) is 0.785. The van der Waals surface area contributed by atoms with Crippen LogP contribution in [0.4, 0.5) is 0 Å². The number of ether oxygens (including phenoxy) is 1. The Balaban J connectivity index is 1.54. The molecule has 1 aromatic heterocycles. The second-order valence-corrected chi connectivity index (χ2v) is 6.28. The summed E-state index contributed by atoms with van der Waals surface area (Å²) in [6, 6.07) is 0. The predicted octanol–water partition coefficient (Wildman–Crippen LogP) is 0.0191. The highest BCUT2D eigenvalue weighted by Gasteiger charge is 2.47. The number of aromatic nitrogens is 2. The summed E-state index contributed by atoms with van der Waals surface area (Å²) >= 11 is 0. The van der Waals surface area contributed by atoms with Gasteiger partial charge in [0.05, 0.1) is 6.61 Å². The number of carbonyl (C=O) groups excluding carboxylic acids is 1. The third kappa shape index (κ3) is 1.78. The van der Waals surface area contributed by atoms with Crippen molar-refractivity contribution < 1.29 is 9.53 Å². The molecule has 6 nitrogen and oxygen atoms in total. The summed E-state index contributed by atoms with van der Waals surface area (Å²) in [5, 5.41) is 0. The van der Waals surface area contributed by atoms with Crippen LogP contribution < -0.4 is 5.73 Å². The molecule has 0 radical (unpaired) electrons. The number of rotatable bonds is 1.